The molecule has 4 N–H and O–H groups in total. The van der Waals surface area contributed by atoms with Crippen LogP contribution in [0.2, 0.25) is 0 Å². The lowest BCUT2D eigenvalue weighted by Crippen LogP contribution is -2.39. The van der Waals surface area contributed by atoms with Gasteiger partial charge in [0.25, 0.3) is 0 Å². The molecule has 2 aromatic carbocycles. The summed E-state index contributed by atoms with van der Waals surface area (Å²) >= 11 is 0. The summed E-state index contributed by atoms with van der Waals surface area (Å²) in [4.78, 5) is 19.6. The summed E-state index contributed by atoms with van der Waals surface area (Å²) in [6.45, 7) is 3.32. The zero-order chi connectivity index (χ0) is 19.8. The Morgan fingerprint density at radius 2 is 1.89 bits per heavy atom. The number of carbonyl (C=O) groups excluding carboxylic acids is 1. The van der Waals surface area contributed by atoms with Gasteiger partial charge in [-0.1, -0.05) is 18.2 Å². The summed E-state index contributed by atoms with van der Waals surface area (Å²) in [6, 6.07) is 13.8. The summed E-state index contributed by atoms with van der Waals surface area (Å²) in [5, 5.41) is 10.3. The second kappa shape index (κ2) is 9.55. The van der Waals surface area contributed by atoms with Crippen LogP contribution in [0.15, 0.2) is 59.7 Å². The first-order valence-corrected chi connectivity index (χ1v) is 9.28. The van der Waals surface area contributed by atoms with Crippen molar-refractivity contribution in [3.8, 4) is 0 Å². The Balaban J connectivity index is 1.52. The van der Waals surface area contributed by atoms with E-state index in [0.29, 0.717) is 24.7 Å². The lowest BCUT2D eigenvalue weighted by molar-refractivity contribution is -0.114. The summed E-state index contributed by atoms with van der Waals surface area (Å²) in [5.41, 5.74) is 2.89. The third-order valence-corrected chi connectivity index (χ3v) is 4.21. The van der Waals surface area contributed by atoms with E-state index in [-0.39, 0.29) is 18.3 Å². The largest absolute Gasteiger partial charge is 0.361 e. The number of rotatable bonds is 7. The molecule has 0 fully saturated rings. The van der Waals surface area contributed by atoms with Crippen LogP contribution in [0.3, 0.4) is 0 Å². The van der Waals surface area contributed by atoms with Gasteiger partial charge in [0.1, 0.15) is 12.4 Å². The fourth-order valence-corrected chi connectivity index (χ4v) is 2.88. The van der Waals surface area contributed by atoms with Gasteiger partial charge >= 0.3 is 0 Å². The standard InChI is InChI=1S/C21H24FN5O/c1-2-23-21(26-14-20(28)27-17-9-7-16(22)8-10-17)24-12-11-15-13-25-19-6-4-3-5-18(15)19/h3-10,13,25H,2,11-12,14H2,1H3,(H,27,28)(H2,23,24,26). The van der Waals surface area contributed by atoms with Gasteiger partial charge in [-0.2, -0.15) is 0 Å². The number of hydrogen-bond donors (Lipinski definition) is 4. The molecule has 0 aliphatic rings. The van der Waals surface area contributed by atoms with Crippen molar-refractivity contribution in [2.45, 2.75) is 13.3 Å². The van der Waals surface area contributed by atoms with E-state index in [2.05, 4.69) is 38.1 Å². The molecule has 7 heteroatoms. The Bertz CT molecular complexity index is 949. The zero-order valence-corrected chi connectivity index (χ0v) is 15.8. The van der Waals surface area contributed by atoms with Gasteiger partial charge in [0.15, 0.2) is 5.96 Å². The predicted octanol–water partition coefficient (Wildman–Crippen LogP) is 3.04. The number of para-hydroxylation sites is 1. The van der Waals surface area contributed by atoms with Gasteiger partial charge in [0, 0.05) is 35.9 Å². The first kappa shape index (κ1) is 19.4. The van der Waals surface area contributed by atoms with Crippen molar-refractivity contribution in [3.05, 3.63) is 66.1 Å². The summed E-state index contributed by atoms with van der Waals surface area (Å²) < 4.78 is 12.9. The van der Waals surface area contributed by atoms with Crippen LogP contribution in [0.5, 0.6) is 0 Å². The van der Waals surface area contributed by atoms with Gasteiger partial charge in [-0.25, -0.2) is 9.38 Å². The molecular weight excluding hydrogens is 357 g/mol. The lowest BCUT2D eigenvalue weighted by Gasteiger charge is -2.11. The Kier molecular flexibility index (Phi) is 6.62. The minimum absolute atomic E-state index is 0.0280. The molecule has 0 aliphatic heterocycles. The molecule has 0 bridgehead atoms. The van der Waals surface area contributed by atoms with E-state index < -0.39 is 0 Å². The highest BCUT2D eigenvalue weighted by atomic mass is 19.1. The molecular formula is C21H24FN5O. The molecule has 146 valence electrons. The maximum atomic E-state index is 12.9. The second-order valence-corrected chi connectivity index (χ2v) is 6.29. The number of anilines is 1. The molecule has 1 amide bonds. The van der Waals surface area contributed by atoms with Crippen molar-refractivity contribution in [3.63, 3.8) is 0 Å². The summed E-state index contributed by atoms with van der Waals surface area (Å²) in [6.07, 6.45) is 2.85. The van der Waals surface area contributed by atoms with Gasteiger partial charge in [-0.15, -0.1) is 0 Å². The molecule has 0 saturated carbocycles. The van der Waals surface area contributed by atoms with Crippen molar-refractivity contribution < 1.29 is 9.18 Å². The fourth-order valence-electron chi connectivity index (χ4n) is 2.88. The number of nitrogens with zero attached hydrogens (tertiary/aromatic N) is 1. The van der Waals surface area contributed by atoms with Gasteiger partial charge in [-0.3, -0.25) is 4.79 Å². The Morgan fingerprint density at radius 1 is 1.11 bits per heavy atom. The SMILES string of the molecule is CCNC(=NCC(=O)Nc1ccc(F)cc1)NCCc1c[nH]c2ccccc12. The number of nitrogens with one attached hydrogen (secondary N) is 4. The molecule has 0 saturated heterocycles. The number of aliphatic imine (C=N–C) groups is 1. The van der Waals surface area contributed by atoms with E-state index in [1.165, 1.54) is 35.2 Å². The third-order valence-electron chi connectivity index (χ3n) is 4.21. The maximum Gasteiger partial charge on any atom is 0.246 e. The highest BCUT2D eigenvalue weighted by Crippen LogP contribution is 2.17. The summed E-state index contributed by atoms with van der Waals surface area (Å²) in [7, 11) is 0. The smallest absolute Gasteiger partial charge is 0.246 e. The molecule has 1 aromatic heterocycles. The van der Waals surface area contributed by atoms with Crippen molar-refractivity contribution in [1.29, 1.82) is 0 Å². The predicted molar refractivity (Wildman–Crippen MR) is 111 cm³/mol. The van der Waals surface area contributed by atoms with Gasteiger partial charge in [-0.05, 0) is 49.2 Å². The highest BCUT2D eigenvalue weighted by Gasteiger charge is 2.05. The Morgan fingerprint density at radius 3 is 2.68 bits per heavy atom. The number of halogens is 1. The number of hydrogen-bond acceptors (Lipinski definition) is 2. The molecule has 0 spiro atoms. The van der Waals surface area contributed by atoms with E-state index >= 15 is 0 Å². The normalized spacial score (nSPS) is 11.4. The first-order valence-electron chi connectivity index (χ1n) is 9.28. The van der Waals surface area contributed by atoms with Crippen molar-refractivity contribution in [2.24, 2.45) is 4.99 Å². The Hall–Kier alpha value is -3.35. The first-order chi connectivity index (χ1) is 13.7. The third kappa shape index (κ3) is 5.33. The molecule has 0 unspecified atom stereocenters. The van der Waals surface area contributed by atoms with Gasteiger partial charge in [0.05, 0.1) is 0 Å². The monoisotopic (exact) mass is 381 g/mol. The van der Waals surface area contributed by atoms with E-state index in [4.69, 9.17) is 0 Å². The minimum atomic E-state index is -0.343. The number of aromatic nitrogens is 1. The summed E-state index contributed by atoms with van der Waals surface area (Å²) in [5.74, 6) is -0.0260. The average molecular weight is 381 g/mol. The number of H-pyrrole nitrogens is 1. The van der Waals surface area contributed by atoms with Crippen LogP contribution in [0.1, 0.15) is 12.5 Å². The van der Waals surface area contributed by atoms with Crippen molar-refractivity contribution >= 4 is 28.5 Å². The highest BCUT2D eigenvalue weighted by molar-refractivity contribution is 5.94. The van der Waals surface area contributed by atoms with E-state index in [0.717, 1.165) is 11.9 Å². The Labute approximate surface area is 163 Å². The maximum absolute atomic E-state index is 12.9. The van der Waals surface area contributed by atoms with Crippen LogP contribution in [0.4, 0.5) is 10.1 Å². The number of aromatic amines is 1. The van der Waals surface area contributed by atoms with E-state index in [1.54, 1.807) is 0 Å². The topological polar surface area (TPSA) is 81.3 Å². The molecule has 3 rings (SSSR count). The number of fused-ring (bicyclic) bond motifs is 1. The number of benzene rings is 2. The molecule has 6 nitrogen and oxygen atoms in total. The van der Waals surface area contributed by atoms with E-state index in [9.17, 15) is 9.18 Å². The van der Waals surface area contributed by atoms with Gasteiger partial charge < -0.3 is 20.9 Å². The molecule has 0 atom stereocenters. The zero-order valence-electron chi connectivity index (χ0n) is 15.8. The van der Waals surface area contributed by atoms with Crippen molar-refractivity contribution in [1.82, 2.24) is 15.6 Å². The van der Waals surface area contributed by atoms with Crippen LogP contribution >= 0.6 is 0 Å². The van der Waals surface area contributed by atoms with Crippen molar-refractivity contribution in [2.75, 3.05) is 25.0 Å². The number of amides is 1. The van der Waals surface area contributed by atoms with Crippen LogP contribution in [0, 0.1) is 5.82 Å². The quantitative estimate of drug-likeness (QED) is 0.375. The molecule has 0 radical (unpaired) electrons. The van der Waals surface area contributed by atoms with Crippen LogP contribution < -0.4 is 16.0 Å². The molecule has 1 heterocycles. The molecule has 3 aromatic rings. The van der Waals surface area contributed by atoms with Crippen LogP contribution in [-0.2, 0) is 11.2 Å². The van der Waals surface area contributed by atoms with Crippen LogP contribution in [0.25, 0.3) is 10.9 Å². The minimum Gasteiger partial charge on any atom is -0.361 e. The fraction of sp³-hybridized carbons (Fsp3) is 0.238. The average Bonchev–Trinajstić information content (AvgIpc) is 3.11. The molecule has 28 heavy (non-hydrogen) atoms. The lowest BCUT2D eigenvalue weighted by atomic mass is 10.1. The van der Waals surface area contributed by atoms with Crippen LogP contribution in [-0.4, -0.2) is 36.5 Å². The number of carbonyl (C=O) groups is 1. The molecule has 0 aliphatic carbocycles. The number of guanidine groups is 1. The van der Waals surface area contributed by atoms with Gasteiger partial charge in [0.2, 0.25) is 5.91 Å². The van der Waals surface area contributed by atoms with E-state index in [1.807, 2.05) is 25.3 Å². The second-order valence-electron chi connectivity index (χ2n) is 6.29.